The molecule has 270 valence electrons. The van der Waals surface area contributed by atoms with Gasteiger partial charge in [-0.1, -0.05) is 115 Å². The van der Waals surface area contributed by atoms with E-state index < -0.39 is 0 Å². The molecule has 0 radical (unpaired) electrons. The zero-order chi connectivity index (χ0) is 38.1. The number of para-hydroxylation sites is 6. The highest BCUT2D eigenvalue weighted by Gasteiger charge is 2.45. The van der Waals surface area contributed by atoms with Gasteiger partial charge in [0, 0.05) is 77.2 Å². The lowest BCUT2D eigenvalue weighted by molar-refractivity contribution is 1.26. The second kappa shape index (κ2) is 10.6. The van der Waals surface area contributed by atoms with Gasteiger partial charge in [0.05, 0.1) is 33.1 Å². The molecule has 0 unspecified atom stereocenters. The number of rotatable bonds is 2. The number of nitrogens with zero attached hydrogens (tertiary/aromatic N) is 4. The highest BCUT2D eigenvalue weighted by Crippen LogP contribution is 2.49. The molecule has 0 bridgehead atoms. The second-order valence-electron chi connectivity index (χ2n) is 16.4. The summed E-state index contributed by atoms with van der Waals surface area (Å²) in [6, 6.07) is 70.3. The van der Waals surface area contributed by atoms with Gasteiger partial charge in [0.1, 0.15) is 0 Å². The molecule has 4 nitrogen and oxygen atoms in total. The lowest BCUT2D eigenvalue weighted by Gasteiger charge is -2.44. The van der Waals surface area contributed by atoms with Crippen LogP contribution in [0.25, 0.3) is 76.2 Å². The van der Waals surface area contributed by atoms with Crippen molar-refractivity contribution in [3.63, 3.8) is 0 Å². The van der Waals surface area contributed by atoms with Gasteiger partial charge in [-0.3, -0.25) is 0 Å². The molecule has 0 N–H and O–H groups in total. The molecular formula is C54H31BN4. The lowest BCUT2D eigenvalue weighted by atomic mass is 9.33. The van der Waals surface area contributed by atoms with Crippen molar-refractivity contribution in [1.82, 2.24) is 8.80 Å². The Balaban J connectivity index is 1.18. The largest absolute Gasteiger partial charge is 0.311 e. The minimum atomic E-state index is -0.0468. The molecular weight excluding hydrogens is 715 g/mol. The van der Waals surface area contributed by atoms with Crippen LogP contribution in [0.5, 0.6) is 0 Å². The predicted molar refractivity (Wildman–Crippen MR) is 250 cm³/mol. The van der Waals surface area contributed by atoms with Crippen LogP contribution in [-0.4, -0.2) is 15.5 Å². The summed E-state index contributed by atoms with van der Waals surface area (Å²) >= 11 is 0. The monoisotopic (exact) mass is 746 g/mol. The maximum Gasteiger partial charge on any atom is 0.253 e. The average molecular weight is 747 g/mol. The molecule has 2 aliphatic rings. The van der Waals surface area contributed by atoms with Crippen molar-refractivity contribution in [3.05, 3.63) is 188 Å². The summed E-state index contributed by atoms with van der Waals surface area (Å²) in [6.07, 6.45) is 0. The fourth-order valence-corrected chi connectivity index (χ4v) is 11.6. The van der Waals surface area contributed by atoms with Crippen molar-refractivity contribution >= 4 is 133 Å². The molecule has 0 aliphatic carbocycles. The second-order valence-corrected chi connectivity index (χ2v) is 16.4. The maximum atomic E-state index is 2.56. The zero-order valence-corrected chi connectivity index (χ0v) is 31.8. The summed E-state index contributed by atoms with van der Waals surface area (Å²) < 4.78 is 5.07. The average Bonchev–Trinajstić information content (AvgIpc) is 4.02. The van der Waals surface area contributed by atoms with Crippen molar-refractivity contribution in [3.8, 4) is 0 Å². The first kappa shape index (κ1) is 30.4. The smallest absolute Gasteiger partial charge is 0.253 e. The maximum absolute atomic E-state index is 2.56. The van der Waals surface area contributed by atoms with E-state index in [1.165, 1.54) is 115 Å². The van der Waals surface area contributed by atoms with Crippen LogP contribution in [0, 0.1) is 0 Å². The summed E-state index contributed by atoms with van der Waals surface area (Å²) in [4.78, 5) is 5.09. The number of fused-ring (bicyclic) bond motifs is 17. The molecule has 15 rings (SSSR count). The number of aromatic nitrogens is 2. The number of anilines is 6. The number of hydrogen-bond donors (Lipinski definition) is 0. The van der Waals surface area contributed by atoms with Gasteiger partial charge >= 0.3 is 0 Å². The van der Waals surface area contributed by atoms with Crippen molar-refractivity contribution in [2.45, 2.75) is 0 Å². The first-order valence-electron chi connectivity index (χ1n) is 20.6. The van der Waals surface area contributed by atoms with E-state index in [2.05, 4.69) is 207 Å². The van der Waals surface area contributed by atoms with E-state index in [9.17, 15) is 0 Å². The molecule has 13 aromatic rings. The third kappa shape index (κ3) is 3.56. The van der Waals surface area contributed by atoms with Crippen molar-refractivity contribution in [2.75, 3.05) is 9.80 Å². The normalized spacial score (nSPS) is 13.7. The SMILES string of the molecule is c1ccc(N2c3cc4c5cccc6c7ccccc7n(c4cc3B3c4c2cccc4N(c2ccccc2)c2cc4c7ccccc7n7c8ccccc8c(c23)c47)c65)cc1. The molecule has 2 aliphatic heterocycles. The van der Waals surface area contributed by atoms with Gasteiger partial charge in [0.15, 0.2) is 0 Å². The Bertz CT molecular complexity index is 3910. The van der Waals surface area contributed by atoms with E-state index in [4.69, 9.17) is 0 Å². The number of hydrogen-bond acceptors (Lipinski definition) is 2. The Hall–Kier alpha value is -7.76. The van der Waals surface area contributed by atoms with Gasteiger partial charge in [-0.25, -0.2) is 0 Å². The Labute approximate surface area is 338 Å². The van der Waals surface area contributed by atoms with Gasteiger partial charge in [0.2, 0.25) is 0 Å². The number of benzene rings is 9. The van der Waals surface area contributed by atoms with Gasteiger partial charge < -0.3 is 18.6 Å². The molecule has 4 aromatic heterocycles. The van der Waals surface area contributed by atoms with Crippen LogP contribution in [0.15, 0.2) is 188 Å². The van der Waals surface area contributed by atoms with Crippen LogP contribution in [0.4, 0.5) is 34.1 Å². The first-order valence-corrected chi connectivity index (χ1v) is 20.6. The third-order valence-electron chi connectivity index (χ3n) is 13.7. The lowest BCUT2D eigenvalue weighted by Crippen LogP contribution is -2.61. The summed E-state index contributed by atoms with van der Waals surface area (Å²) in [7, 11) is 0. The predicted octanol–water partition coefficient (Wildman–Crippen LogP) is 12.1. The fraction of sp³-hybridized carbons (Fsp3) is 0. The molecule has 0 fully saturated rings. The highest BCUT2D eigenvalue weighted by molar-refractivity contribution is 7.02. The summed E-state index contributed by atoms with van der Waals surface area (Å²) in [6.45, 7) is -0.0468. The van der Waals surface area contributed by atoms with Crippen molar-refractivity contribution in [2.24, 2.45) is 0 Å². The van der Waals surface area contributed by atoms with Crippen molar-refractivity contribution in [1.29, 1.82) is 0 Å². The Morgan fingerprint density at radius 1 is 0.305 bits per heavy atom. The molecule has 9 aromatic carbocycles. The molecule has 0 atom stereocenters. The Morgan fingerprint density at radius 3 is 1.47 bits per heavy atom. The van der Waals surface area contributed by atoms with E-state index in [0.29, 0.717) is 0 Å². The molecule has 0 saturated heterocycles. The molecule has 59 heavy (non-hydrogen) atoms. The zero-order valence-electron chi connectivity index (χ0n) is 31.8. The van der Waals surface area contributed by atoms with E-state index in [-0.39, 0.29) is 6.71 Å². The summed E-state index contributed by atoms with van der Waals surface area (Å²) in [5.41, 5.74) is 18.9. The van der Waals surface area contributed by atoms with Crippen LogP contribution < -0.4 is 26.2 Å². The van der Waals surface area contributed by atoms with Gasteiger partial charge in [-0.2, -0.15) is 0 Å². The van der Waals surface area contributed by atoms with Gasteiger partial charge in [0.25, 0.3) is 6.71 Å². The summed E-state index contributed by atoms with van der Waals surface area (Å²) in [5.74, 6) is 0. The van der Waals surface area contributed by atoms with Gasteiger partial charge in [-0.05, 0) is 89.2 Å². The Kier molecular flexibility index (Phi) is 5.46. The van der Waals surface area contributed by atoms with Gasteiger partial charge in [-0.15, -0.1) is 0 Å². The van der Waals surface area contributed by atoms with E-state index in [1.807, 2.05) is 0 Å². The molecule has 6 heterocycles. The summed E-state index contributed by atoms with van der Waals surface area (Å²) in [5, 5.41) is 10.4. The quantitative estimate of drug-likeness (QED) is 0.164. The minimum absolute atomic E-state index is 0.0468. The van der Waals surface area contributed by atoms with Crippen LogP contribution in [0.3, 0.4) is 0 Å². The molecule has 5 heteroatoms. The topological polar surface area (TPSA) is 15.3 Å². The van der Waals surface area contributed by atoms with Crippen molar-refractivity contribution < 1.29 is 0 Å². The standard InChI is InChI=1S/C54H31BN4/c1-3-15-32(16-4-1)56-45-27-14-28-46-51(45)55(41-31-47-39(29-48(41)56)37-23-13-22-36-34-19-7-10-24-42(34)59(47)53(36)37)52-49(57(46)33-17-5-2-6-18-33)30-40-35-20-8-11-25-43(35)58-44-26-12-9-21-38(44)50(52)54(40)58/h1-31H. The highest BCUT2D eigenvalue weighted by atomic mass is 15.2. The molecule has 0 saturated carbocycles. The van der Waals surface area contributed by atoms with Crippen LogP contribution in [0.2, 0.25) is 0 Å². The first-order chi connectivity index (χ1) is 29.3. The Morgan fingerprint density at radius 2 is 0.797 bits per heavy atom. The van der Waals surface area contributed by atoms with Crippen LogP contribution in [-0.2, 0) is 0 Å². The molecule has 0 spiro atoms. The fourth-order valence-electron chi connectivity index (χ4n) is 11.6. The van der Waals surface area contributed by atoms with E-state index >= 15 is 0 Å². The minimum Gasteiger partial charge on any atom is -0.311 e. The van der Waals surface area contributed by atoms with E-state index in [0.717, 1.165) is 11.4 Å². The van der Waals surface area contributed by atoms with Crippen LogP contribution >= 0.6 is 0 Å². The van der Waals surface area contributed by atoms with E-state index in [1.54, 1.807) is 0 Å². The third-order valence-corrected chi connectivity index (χ3v) is 13.7. The van der Waals surface area contributed by atoms with Crippen LogP contribution in [0.1, 0.15) is 0 Å². The molecule has 0 amide bonds.